The summed E-state index contributed by atoms with van der Waals surface area (Å²) in [6.07, 6.45) is 1.32. The second kappa shape index (κ2) is 6.12. The average Bonchev–Trinajstić information content (AvgIpc) is 2.53. The fraction of sp³-hybridized carbons (Fsp3) is 0.118. The Kier molecular flexibility index (Phi) is 4.02. The molecule has 0 saturated heterocycles. The molecular weight excluding hydrogens is 300 g/mol. The summed E-state index contributed by atoms with van der Waals surface area (Å²) in [5, 5.41) is 6.74. The van der Waals surface area contributed by atoms with Gasteiger partial charge in [-0.25, -0.2) is 0 Å². The monoisotopic (exact) mass is 314 g/mol. The minimum absolute atomic E-state index is 0.167. The van der Waals surface area contributed by atoms with Crippen LogP contribution in [-0.2, 0) is 0 Å². The number of carbonyl (C=O) groups is 1. The van der Waals surface area contributed by atoms with E-state index in [1.165, 1.54) is 0 Å². The highest BCUT2D eigenvalue weighted by atomic mass is 35.5. The van der Waals surface area contributed by atoms with Crippen LogP contribution in [0.5, 0.6) is 5.75 Å². The molecule has 112 valence electrons. The molecule has 1 amide bonds. The molecule has 1 heterocycles. The normalized spacial score (nSPS) is 16.2. The molecule has 2 aromatic carbocycles. The fourth-order valence-electron chi connectivity index (χ4n) is 2.39. The molecule has 22 heavy (non-hydrogen) atoms. The summed E-state index contributed by atoms with van der Waals surface area (Å²) in [6.45, 7) is 4.05. The largest absolute Gasteiger partial charge is 0.489 e. The third-order valence-electron chi connectivity index (χ3n) is 3.39. The lowest BCUT2D eigenvalue weighted by Crippen LogP contribution is -2.38. The highest BCUT2D eigenvalue weighted by molar-refractivity contribution is 6.31. The number of amides is 1. The van der Waals surface area contributed by atoms with E-state index in [1.807, 2.05) is 24.3 Å². The molecule has 0 spiro atoms. The summed E-state index contributed by atoms with van der Waals surface area (Å²) in [5.41, 5.74) is 2.14. The Morgan fingerprint density at radius 2 is 2.05 bits per heavy atom. The number of hydrogen-bond donors (Lipinski definition) is 2. The number of rotatable bonds is 4. The van der Waals surface area contributed by atoms with Gasteiger partial charge < -0.3 is 15.4 Å². The van der Waals surface area contributed by atoms with Crippen LogP contribution in [-0.4, -0.2) is 12.5 Å². The smallest absolute Gasteiger partial charge is 0.255 e. The first-order valence-corrected chi connectivity index (χ1v) is 7.26. The first kappa shape index (κ1) is 14.5. The maximum atomic E-state index is 12.3. The summed E-state index contributed by atoms with van der Waals surface area (Å²) in [4.78, 5) is 12.3. The molecule has 2 aromatic rings. The summed E-state index contributed by atoms with van der Waals surface area (Å²) < 4.78 is 5.65. The first-order chi connectivity index (χ1) is 10.7. The van der Waals surface area contributed by atoms with Crippen molar-refractivity contribution in [3.05, 3.63) is 71.3 Å². The van der Waals surface area contributed by atoms with Crippen molar-refractivity contribution in [2.24, 2.45) is 0 Å². The van der Waals surface area contributed by atoms with Crippen molar-refractivity contribution in [3.63, 3.8) is 0 Å². The van der Waals surface area contributed by atoms with E-state index in [0.29, 0.717) is 22.9 Å². The Bertz CT molecular complexity index is 730. The molecule has 1 aliphatic heterocycles. The molecule has 0 radical (unpaired) electrons. The standard InChI is InChI=1S/C17H15ClN2O2/c1-2-9-22-15-6-4-3-5-12(15)16-19-14-8-7-11(18)10-13(14)17(21)20-16/h2-8,10,16,19H,1,9H2,(H,20,21)/t16-/m0/s1. The van der Waals surface area contributed by atoms with Gasteiger partial charge >= 0.3 is 0 Å². The molecular formula is C17H15ClN2O2. The first-order valence-electron chi connectivity index (χ1n) is 6.88. The van der Waals surface area contributed by atoms with E-state index in [1.54, 1.807) is 24.3 Å². The average molecular weight is 315 g/mol. The van der Waals surface area contributed by atoms with Crippen molar-refractivity contribution in [2.45, 2.75) is 6.17 Å². The van der Waals surface area contributed by atoms with E-state index in [4.69, 9.17) is 16.3 Å². The van der Waals surface area contributed by atoms with Crippen molar-refractivity contribution >= 4 is 23.2 Å². The Balaban J connectivity index is 1.93. The number of ether oxygens (including phenoxy) is 1. The maximum absolute atomic E-state index is 12.3. The molecule has 0 fully saturated rings. The van der Waals surface area contributed by atoms with Crippen molar-refractivity contribution in [3.8, 4) is 5.75 Å². The van der Waals surface area contributed by atoms with Gasteiger partial charge in [0.1, 0.15) is 18.5 Å². The third-order valence-corrected chi connectivity index (χ3v) is 3.62. The maximum Gasteiger partial charge on any atom is 0.255 e. The van der Waals surface area contributed by atoms with Crippen LogP contribution in [0.4, 0.5) is 5.69 Å². The highest BCUT2D eigenvalue weighted by Gasteiger charge is 2.26. The predicted molar refractivity (Wildman–Crippen MR) is 87.4 cm³/mol. The molecule has 0 bridgehead atoms. The van der Waals surface area contributed by atoms with E-state index in [2.05, 4.69) is 17.2 Å². The zero-order chi connectivity index (χ0) is 15.5. The van der Waals surface area contributed by atoms with E-state index in [9.17, 15) is 4.79 Å². The molecule has 5 heteroatoms. The molecule has 0 aliphatic carbocycles. The second-order valence-electron chi connectivity index (χ2n) is 4.88. The molecule has 1 atom stereocenters. The third kappa shape index (κ3) is 2.78. The van der Waals surface area contributed by atoms with Gasteiger partial charge in [-0.05, 0) is 24.3 Å². The number of hydrogen-bond acceptors (Lipinski definition) is 3. The van der Waals surface area contributed by atoms with Gasteiger partial charge in [0.25, 0.3) is 5.91 Å². The van der Waals surface area contributed by atoms with Gasteiger partial charge in [-0.2, -0.15) is 0 Å². The van der Waals surface area contributed by atoms with Crippen LogP contribution in [0.25, 0.3) is 0 Å². The number of fused-ring (bicyclic) bond motifs is 1. The zero-order valence-electron chi connectivity index (χ0n) is 11.8. The van der Waals surface area contributed by atoms with Gasteiger partial charge in [-0.1, -0.05) is 42.5 Å². The predicted octanol–water partition coefficient (Wildman–Crippen LogP) is 3.76. The van der Waals surface area contributed by atoms with Crippen LogP contribution < -0.4 is 15.4 Å². The molecule has 2 N–H and O–H groups in total. The van der Waals surface area contributed by atoms with Crippen molar-refractivity contribution < 1.29 is 9.53 Å². The number of benzene rings is 2. The lowest BCUT2D eigenvalue weighted by atomic mass is 10.1. The van der Waals surface area contributed by atoms with Crippen LogP contribution in [0, 0.1) is 0 Å². The summed E-state index contributed by atoms with van der Waals surface area (Å²) in [6, 6.07) is 12.8. The Morgan fingerprint density at radius 1 is 1.23 bits per heavy atom. The fourth-order valence-corrected chi connectivity index (χ4v) is 2.56. The van der Waals surface area contributed by atoms with Crippen LogP contribution in [0.2, 0.25) is 5.02 Å². The zero-order valence-corrected chi connectivity index (χ0v) is 12.6. The van der Waals surface area contributed by atoms with Crippen molar-refractivity contribution in [1.82, 2.24) is 5.32 Å². The summed E-state index contributed by atoms with van der Waals surface area (Å²) in [5.74, 6) is 0.539. The van der Waals surface area contributed by atoms with E-state index >= 15 is 0 Å². The summed E-state index contributed by atoms with van der Waals surface area (Å²) in [7, 11) is 0. The van der Waals surface area contributed by atoms with Crippen molar-refractivity contribution in [1.29, 1.82) is 0 Å². The molecule has 0 saturated carbocycles. The minimum Gasteiger partial charge on any atom is -0.489 e. The lowest BCUT2D eigenvalue weighted by molar-refractivity contribution is 0.0935. The quantitative estimate of drug-likeness (QED) is 0.845. The van der Waals surface area contributed by atoms with E-state index in [-0.39, 0.29) is 12.1 Å². The molecule has 0 aromatic heterocycles. The van der Waals surface area contributed by atoms with Crippen molar-refractivity contribution in [2.75, 3.05) is 11.9 Å². The van der Waals surface area contributed by atoms with Gasteiger partial charge in [-0.15, -0.1) is 0 Å². The topological polar surface area (TPSA) is 50.4 Å². The number of carbonyl (C=O) groups excluding carboxylic acids is 1. The van der Waals surface area contributed by atoms with E-state index in [0.717, 1.165) is 11.3 Å². The number of nitrogens with one attached hydrogen (secondary N) is 2. The lowest BCUT2D eigenvalue weighted by Gasteiger charge is -2.29. The van der Waals surface area contributed by atoms with Gasteiger partial charge in [0.05, 0.1) is 5.56 Å². The summed E-state index contributed by atoms with van der Waals surface area (Å²) >= 11 is 5.94. The van der Waals surface area contributed by atoms with Gasteiger partial charge in [0.2, 0.25) is 0 Å². The molecule has 1 aliphatic rings. The Hall–Kier alpha value is -2.46. The van der Waals surface area contributed by atoms with Crippen LogP contribution >= 0.6 is 11.6 Å². The molecule has 0 unspecified atom stereocenters. The molecule has 4 nitrogen and oxygen atoms in total. The Morgan fingerprint density at radius 3 is 2.86 bits per heavy atom. The van der Waals surface area contributed by atoms with Gasteiger partial charge in [-0.3, -0.25) is 4.79 Å². The van der Waals surface area contributed by atoms with Gasteiger partial charge in [0.15, 0.2) is 0 Å². The highest BCUT2D eigenvalue weighted by Crippen LogP contribution is 2.32. The number of halogens is 1. The minimum atomic E-state index is -0.359. The van der Waals surface area contributed by atoms with Crippen LogP contribution in [0.15, 0.2) is 55.1 Å². The van der Waals surface area contributed by atoms with Gasteiger partial charge in [0, 0.05) is 16.3 Å². The molecule has 3 rings (SSSR count). The number of para-hydroxylation sites is 1. The van der Waals surface area contributed by atoms with E-state index < -0.39 is 0 Å². The SMILES string of the molecule is C=CCOc1ccccc1[C@@H]1NC(=O)c2cc(Cl)ccc2N1. The number of anilines is 1. The second-order valence-corrected chi connectivity index (χ2v) is 5.31. The van der Waals surface area contributed by atoms with Crippen LogP contribution in [0.1, 0.15) is 22.1 Å². The van der Waals surface area contributed by atoms with Crippen LogP contribution in [0.3, 0.4) is 0 Å². The Labute approximate surface area is 133 Å².